The topological polar surface area (TPSA) is 101 Å². The molecule has 0 spiro atoms. The summed E-state index contributed by atoms with van der Waals surface area (Å²) in [7, 11) is 0. The lowest BCUT2D eigenvalue weighted by Crippen LogP contribution is -2.07. The van der Waals surface area contributed by atoms with Crippen LogP contribution in [0.2, 0.25) is 0 Å². The van der Waals surface area contributed by atoms with Crippen molar-refractivity contribution in [3.63, 3.8) is 0 Å². The number of hydrogen-bond donors (Lipinski definition) is 3. The molecule has 3 aromatic rings. The number of nitrogens with zero attached hydrogens (tertiary/aromatic N) is 2. The van der Waals surface area contributed by atoms with Crippen LogP contribution in [0.25, 0.3) is 22.0 Å². The van der Waals surface area contributed by atoms with E-state index in [1.807, 2.05) is 37.3 Å². The van der Waals surface area contributed by atoms with E-state index in [1.165, 1.54) is 0 Å². The van der Waals surface area contributed by atoms with Crippen molar-refractivity contribution in [2.75, 3.05) is 11.1 Å². The van der Waals surface area contributed by atoms with E-state index in [0.717, 1.165) is 27.6 Å². The second kappa shape index (κ2) is 5.33. The molecular formula is C16H14N4O2. The van der Waals surface area contributed by atoms with Crippen LogP contribution < -0.4 is 11.1 Å². The fraction of sp³-hybridized carbons (Fsp3) is 0.0625. The van der Waals surface area contributed by atoms with Crippen molar-refractivity contribution < 1.29 is 9.90 Å². The smallest absolute Gasteiger partial charge is 0.409 e. The van der Waals surface area contributed by atoms with Gasteiger partial charge in [-0.05, 0) is 47.9 Å². The number of hydrogen-bond acceptors (Lipinski definition) is 4. The second-order valence-electron chi connectivity index (χ2n) is 4.96. The molecular weight excluding hydrogens is 280 g/mol. The van der Waals surface area contributed by atoms with Gasteiger partial charge in [0.1, 0.15) is 0 Å². The first kappa shape index (κ1) is 13.8. The molecule has 6 nitrogen and oxygen atoms in total. The van der Waals surface area contributed by atoms with Crippen molar-refractivity contribution in [2.45, 2.75) is 6.92 Å². The quantitative estimate of drug-likeness (QED) is 0.673. The summed E-state index contributed by atoms with van der Waals surface area (Å²) in [4.78, 5) is 18.9. The second-order valence-corrected chi connectivity index (χ2v) is 4.96. The molecule has 3 rings (SSSR count). The van der Waals surface area contributed by atoms with Gasteiger partial charge in [-0.25, -0.2) is 14.8 Å². The number of aryl methyl sites for hydroxylation is 1. The molecule has 1 amide bonds. The zero-order valence-corrected chi connectivity index (χ0v) is 11.9. The van der Waals surface area contributed by atoms with E-state index in [0.29, 0.717) is 5.69 Å². The van der Waals surface area contributed by atoms with Crippen molar-refractivity contribution in [1.82, 2.24) is 9.97 Å². The highest BCUT2D eigenvalue weighted by Gasteiger charge is 2.07. The molecule has 4 N–H and O–H groups in total. The largest absolute Gasteiger partial charge is 0.465 e. The molecule has 0 radical (unpaired) electrons. The normalized spacial score (nSPS) is 10.6. The Labute approximate surface area is 126 Å². The van der Waals surface area contributed by atoms with Crippen LogP contribution >= 0.6 is 0 Å². The highest BCUT2D eigenvalue weighted by atomic mass is 16.4. The molecule has 0 fully saturated rings. The average Bonchev–Trinajstić information content (AvgIpc) is 2.48. The van der Waals surface area contributed by atoms with Crippen LogP contribution in [0.15, 0.2) is 42.6 Å². The predicted octanol–water partition coefficient (Wildman–Crippen LogP) is 3.28. The monoisotopic (exact) mass is 294 g/mol. The van der Waals surface area contributed by atoms with Crippen LogP contribution in [-0.4, -0.2) is 21.2 Å². The molecule has 0 aliphatic carbocycles. The molecule has 1 aromatic heterocycles. The zero-order valence-electron chi connectivity index (χ0n) is 11.9. The highest BCUT2D eigenvalue weighted by molar-refractivity contribution is 5.88. The lowest BCUT2D eigenvalue weighted by Gasteiger charge is -2.10. The number of rotatable bonds is 2. The molecule has 0 unspecified atom stereocenters. The first-order valence-electron chi connectivity index (χ1n) is 6.66. The molecule has 0 aliphatic rings. The number of aromatic nitrogens is 2. The summed E-state index contributed by atoms with van der Waals surface area (Å²) < 4.78 is 0. The molecule has 2 aromatic carbocycles. The van der Waals surface area contributed by atoms with E-state index >= 15 is 0 Å². The van der Waals surface area contributed by atoms with Crippen LogP contribution in [0, 0.1) is 6.92 Å². The number of fused-ring (bicyclic) bond motifs is 1. The van der Waals surface area contributed by atoms with E-state index in [4.69, 9.17) is 10.8 Å². The van der Waals surface area contributed by atoms with Gasteiger partial charge in [0.25, 0.3) is 0 Å². The van der Waals surface area contributed by atoms with E-state index in [1.54, 1.807) is 12.3 Å². The number of carboxylic acid groups (broad SMARTS) is 1. The first-order chi connectivity index (χ1) is 10.5. The Bertz CT molecular complexity index is 877. The Morgan fingerprint density at radius 2 is 2.05 bits per heavy atom. The highest BCUT2D eigenvalue weighted by Crippen LogP contribution is 2.29. The summed E-state index contributed by atoms with van der Waals surface area (Å²) in [5.74, 6) is 0.240. The maximum atomic E-state index is 10.8. The van der Waals surface area contributed by atoms with Gasteiger partial charge in [-0.3, -0.25) is 5.32 Å². The number of amides is 1. The molecule has 6 heteroatoms. The van der Waals surface area contributed by atoms with Gasteiger partial charge in [0.05, 0.1) is 5.52 Å². The summed E-state index contributed by atoms with van der Waals surface area (Å²) in [6.45, 7) is 1.98. The maximum absolute atomic E-state index is 10.8. The Hall–Kier alpha value is -3.15. The Kier molecular flexibility index (Phi) is 3.34. The SMILES string of the molecule is Cc1ccc(NC(=O)O)cc1-c1ccc2nc(N)ncc2c1. The number of carbonyl (C=O) groups is 1. The molecule has 0 atom stereocenters. The van der Waals surface area contributed by atoms with Crippen LogP contribution in [0.1, 0.15) is 5.56 Å². The standard InChI is InChI=1S/C16H14N4O2/c1-9-2-4-12(19-16(21)22)7-13(9)10-3-5-14-11(6-10)8-18-15(17)20-14/h2-8,19H,1H3,(H,21,22)(H2,17,18,20). The predicted molar refractivity (Wildman–Crippen MR) is 85.8 cm³/mol. The van der Waals surface area contributed by atoms with Crippen molar-refractivity contribution in [1.29, 1.82) is 0 Å². The minimum Gasteiger partial charge on any atom is -0.465 e. The number of nitrogens with one attached hydrogen (secondary N) is 1. The molecule has 22 heavy (non-hydrogen) atoms. The van der Waals surface area contributed by atoms with Gasteiger partial charge in [-0.2, -0.15) is 0 Å². The Morgan fingerprint density at radius 3 is 2.82 bits per heavy atom. The van der Waals surface area contributed by atoms with E-state index in [-0.39, 0.29) is 5.95 Å². The average molecular weight is 294 g/mol. The maximum Gasteiger partial charge on any atom is 0.409 e. The third kappa shape index (κ3) is 2.67. The molecule has 0 saturated heterocycles. The number of nitrogens with two attached hydrogens (primary N) is 1. The van der Waals surface area contributed by atoms with Crippen molar-refractivity contribution in [3.05, 3.63) is 48.2 Å². The van der Waals surface area contributed by atoms with Crippen LogP contribution in [0.5, 0.6) is 0 Å². The summed E-state index contributed by atoms with van der Waals surface area (Å²) in [6.07, 6.45) is 0.591. The van der Waals surface area contributed by atoms with Gasteiger partial charge in [-0.1, -0.05) is 12.1 Å². The van der Waals surface area contributed by atoms with Crippen molar-refractivity contribution >= 4 is 28.6 Å². The Balaban J connectivity index is 2.10. The number of nitrogen functional groups attached to an aromatic ring is 1. The lowest BCUT2D eigenvalue weighted by atomic mass is 9.98. The van der Waals surface area contributed by atoms with Crippen LogP contribution in [0.4, 0.5) is 16.4 Å². The lowest BCUT2D eigenvalue weighted by molar-refractivity contribution is 0.210. The summed E-state index contributed by atoms with van der Waals surface area (Å²) >= 11 is 0. The van der Waals surface area contributed by atoms with E-state index in [9.17, 15) is 4.79 Å². The van der Waals surface area contributed by atoms with E-state index in [2.05, 4.69) is 15.3 Å². The summed E-state index contributed by atoms with van der Waals surface area (Å²) in [5.41, 5.74) is 9.84. The van der Waals surface area contributed by atoms with Gasteiger partial charge < -0.3 is 10.8 Å². The van der Waals surface area contributed by atoms with E-state index < -0.39 is 6.09 Å². The van der Waals surface area contributed by atoms with Gasteiger partial charge in [0.15, 0.2) is 0 Å². The molecule has 0 aliphatic heterocycles. The van der Waals surface area contributed by atoms with Crippen molar-refractivity contribution in [3.8, 4) is 11.1 Å². The number of benzene rings is 2. The zero-order chi connectivity index (χ0) is 15.7. The molecule has 110 valence electrons. The van der Waals surface area contributed by atoms with Crippen LogP contribution in [0.3, 0.4) is 0 Å². The molecule has 1 heterocycles. The summed E-state index contributed by atoms with van der Waals surface area (Å²) in [6, 6.07) is 11.2. The van der Waals surface area contributed by atoms with Crippen LogP contribution in [-0.2, 0) is 0 Å². The fourth-order valence-electron chi connectivity index (χ4n) is 2.35. The van der Waals surface area contributed by atoms with Crippen molar-refractivity contribution in [2.24, 2.45) is 0 Å². The summed E-state index contributed by atoms with van der Waals surface area (Å²) in [5, 5.41) is 12.1. The van der Waals surface area contributed by atoms with Gasteiger partial charge >= 0.3 is 6.09 Å². The molecule has 0 saturated carbocycles. The fourth-order valence-corrected chi connectivity index (χ4v) is 2.35. The third-order valence-corrected chi connectivity index (χ3v) is 3.40. The van der Waals surface area contributed by atoms with Gasteiger partial charge in [-0.15, -0.1) is 0 Å². The number of anilines is 2. The minimum absolute atomic E-state index is 0.240. The Morgan fingerprint density at radius 1 is 1.23 bits per heavy atom. The van der Waals surface area contributed by atoms with Gasteiger partial charge in [0, 0.05) is 17.3 Å². The van der Waals surface area contributed by atoms with Gasteiger partial charge in [0.2, 0.25) is 5.95 Å². The third-order valence-electron chi connectivity index (χ3n) is 3.40. The molecule has 0 bridgehead atoms. The first-order valence-corrected chi connectivity index (χ1v) is 6.66. The minimum atomic E-state index is -1.09.